The summed E-state index contributed by atoms with van der Waals surface area (Å²) in [6.45, 7) is 10.6. The quantitative estimate of drug-likeness (QED) is 0.237. The fourth-order valence-corrected chi connectivity index (χ4v) is 6.69. The van der Waals surface area contributed by atoms with Crippen molar-refractivity contribution in [2.75, 3.05) is 39.8 Å². The molecule has 3 rings (SSSR count). The molecule has 3 unspecified atom stereocenters. The molecule has 3 aliphatic heterocycles. The van der Waals surface area contributed by atoms with Gasteiger partial charge in [-0.3, -0.25) is 14.4 Å². The van der Waals surface area contributed by atoms with Crippen molar-refractivity contribution >= 4 is 33.7 Å². The number of unbranched alkanes of at least 4 members (excludes halogenated alkanes) is 2. The number of likely N-dealkylation sites (tertiary alicyclic amines) is 1. The van der Waals surface area contributed by atoms with Crippen LogP contribution in [0.2, 0.25) is 0 Å². The Morgan fingerprint density at radius 3 is 2.58 bits per heavy atom. The maximum absolute atomic E-state index is 13.9. The molecule has 33 heavy (non-hydrogen) atoms. The highest BCUT2D eigenvalue weighted by Gasteiger charge is 2.76. The van der Waals surface area contributed by atoms with Crippen LogP contribution in [0.4, 0.5) is 0 Å². The molecule has 0 radical (unpaired) electrons. The van der Waals surface area contributed by atoms with Crippen LogP contribution in [-0.2, 0) is 19.1 Å². The number of alkyl halides is 1. The zero-order valence-electron chi connectivity index (χ0n) is 19.6. The molecule has 0 aromatic heterocycles. The Bertz CT molecular complexity index is 792. The Labute approximate surface area is 204 Å². The van der Waals surface area contributed by atoms with Crippen molar-refractivity contribution in [3.63, 3.8) is 0 Å². The van der Waals surface area contributed by atoms with E-state index in [1.54, 1.807) is 29.0 Å². The topological polar surface area (TPSA) is 90.4 Å². The number of fused-ring (bicyclic) bond motifs is 1. The summed E-state index contributed by atoms with van der Waals surface area (Å²) in [5, 5.41) is 9.70. The number of hydrogen-bond acceptors (Lipinski definition) is 5. The average molecular weight is 526 g/mol. The largest absolute Gasteiger partial charge is 0.395 e. The molecule has 3 heterocycles. The fraction of sp³-hybridized carbons (Fsp3) is 0.708. The predicted molar refractivity (Wildman–Crippen MR) is 129 cm³/mol. The number of hydrogen-bond donors (Lipinski definition) is 1. The minimum absolute atomic E-state index is 0.0226. The van der Waals surface area contributed by atoms with E-state index in [0.717, 1.165) is 19.3 Å². The van der Waals surface area contributed by atoms with Crippen LogP contribution in [0.5, 0.6) is 0 Å². The first-order valence-electron chi connectivity index (χ1n) is 11.8. The van der Waals surface area contributed by atoms with Gasteiger partial charge in [0.25, 0.3) is 0 Å². The molecule has 0 aromatic rings. The second-order valence-electron chi connectivity index (χ2n) is 9.21. The number of nitrogens with zero attached hydrogens (tertiary/aromatic N) is 3. The van der Waals surface area contributed by atoms with E-state index in [0.29, 0.717) is 26.1 Å². The summed E-state index contributed by atoms with van der Waals surface area (Å²) in [5.74, 6) is -2.12. The number of carbonyl (C=O) groups is 3. The molecule has 1 spiro atoms. The second kappa shape index (κ2) is 10.7. The highest BCUT2D eigenvalue weighted by atomic mass is 79.9. The first-order chi connectivity index (χ1) is 15.8. The molecule has 0 saturated carbocycles. The van der Waals surface area contributed by atoms with Crippen LogP contribution in [0.25, 0.3) is 0 Å². The van der Waals surface area contributed by atoms with E-state index in [1.807, 2.05) is 0 Å². The molecular formula is C24H36BrN3O5. The molecule has 3 amide bonds. The van der Waals surface area contributed by atoms with E-state index in [4.69, 9.17) is 4.74 Å². The number of aliphatic hydroxyl groups is 1. The number of aliphatic hydroxyl groups excluding tert-OH is 1. The summed E-state index contributed by atoms with van der Waals surface area (Å²) in [6, 6.07) is -0.878. The van der Waals surface area contributed by atoms with Gasteiger partial charge in [0.05, 0.1) is 24.5 Å². The Morgan fingerprint density at radius 2 is 1.97 bits per heavy atom. The minimum atomic E-state index is -1.10. The number of carbonyl (C=O) groups excluding carboxylic acids is 3. The van der Waals surface area contributed by atoms with Gasteiger partial charge in [-0.05, 0) is 12.8 Å². The van der Waals surface area contributed by atoms with Crippen LogP contribution < -0.4 is 0 Å². The first kappa shape index (κ1) is 25.9. The third-order valence-electron chi connectivity index (χ3n) is 7.12. The van der Waals surface area contributed by atoms with Crippen LogP contribution in [0.15, 0.2) is 25.3 Å². The monoisotopic (exact) mass is 525 g/mol. The van der Waals surface area contributed by atoms with Crippen LogP contribution in [0, 0.1) is 11.8 Å². The molecule has 9 heteroatoms. The zero-order valence-corrected chi connectivity index (χ0v) is 21.2. The maximum Gasteiger partial charge on any atom is 0.248 e. The van der Waals surface area contributed by atoms with E-state index < -0.39 is 29.6 Å². The van der Waals surface area contributed by atoms with E-state index >= 15 is 0 Å². The summed E-state index contributed by atoms with van der Waals surface area (Å²) in [5.41, 5.74) is -1.10. The molecule has 3 saturated heterocycles. The van der Waals surface area contributed by atoms with E-state index in [9.17, 15) is 19.5 Å². The highest BCUT2D eigenvalue weighted by Crippen LogP contribution is 2.60. The predicted octanol–water partition coefficient (Wildman–Crippen LogP) is 1.58. The normalized spacial score (nSPS) is 32.1. The van der Waals surface area contributed by atoms with E-state index in [1.165, 1.54) is 4.90 Å². The van der Waals surface area contributed by atoms with Gasteiger partial charge in [-0.25, -0.2) is 0 Å². The Balaban J connectivity index is 2.00. The van der Waals surface area contributed by atoms with Crippen molar-refractivity contribution in [1.29, 1.82) is 0 Å². The Kier molecular flexibility index (Phi) is 8.40. The second-order valence-corrected chi connectivity index (χ2v) is 10.4. The number of β-amino-alcohol motifs (C(OH)–C–C–N with tert-alkyl or cyclic N) is 1. The summed E-state index contributed by atoms with van der Waals surface area (Å²) in [7, 11) is 1.68. The van der Waals surface area contributed by atoms with Crippen LogP contribution in [0.3, 0.4) is 0 Å². The van der Waals surface area contributed by atoms with Gasteiger partial charge in [0.1, 0.15) is 11.6 Å². The van der Waals surface area contributed by atoms with Crippen molar-refractivity contribution in [2.24, 2.45) is 11.8 Å². The summed E-state index contributed by atoms with van der Waals surface area (Å²) < 4.78 is 6.46. The summed E-state index contributed by atoms with van der Waals surface area (Å²) in [4.78, 5) is 45.5. The summed E-state index contributed by atoms with van der Waals surface area (Å²) in [6.07, 6.45) is 6.16. The molecule has 2 bridgehead atoms. The lowest BCUT2D eigenvalue weighted by Crippen LogP contribution is -2.57. The Hall–Kier alpha value is -1.71. The molecule has 0 aliphatic carbocycles. The smallest absolute Gasteiger partial charge is 0.248 e. The van der Waals surface area contributed by atoms with Gasteiger partial charge in [-0.15, -0.1) is 13.2 Å². The minimum Gasteiger partial charge on any atom is -0.395 e. The van der Waals surface area contributed by atoms with Crippen molar-refractivity contribution in [2.45, 2.75) is 55.2 Å². The highest BCUT2D eigenvalue weighted by molar-refractivity contribution is 9.09. The number of ether oxygens (including phenoxy) is 1. The maximum atomic E-state index is 13.9. The van der Waals surface area contributed by atoms with Gasteiger partial charge in [-0.1, -0.05) is 47.8 Å². The van der Waals surface area contributed by atoms with E-state index in [-0.39, 0.29) is 35.7 Å². The van der Waals surface area contributed by atoms with Gasteiger partial charge < -0.3 is 24.5 Å². The van der Waals surface area contributed by atoms with Gasteiger partial charge >= 0.3 is 0 Å². The van der Waals surface area contributed by atoms with Crippen LogP contribution in [0.1, 0.15) is 32.6 Å². The van der Waals surface area contributed by atoms with Crippen molar-refractivity contribution in [1.82, 2.24) is 14.7 Å². The SMILES string of the molecule is C=CCN(C)C(=O)[C@H]1[C@H]2C(=O)N(CCO)C(C(=O)N(CC=C)CCCCC)C23CC(Br)[C@@H]1O3. The molecule has 1 N–H and O–H groups in total. The molecule has 0 aromatic carbocycles. The summed E-state index contributed by atoms with van der Waals surface area (Å²) >= 11 is 3.66. The molecular weight excluding hydrogens is 490 g/mol. The number of amides is 3. The lowest BCUT2D eigenvalue weighted by atomic mass is 9.70. The number of likely N-dealkylation sites (N-methyl/N-ethyl adjacent to an activating group) is 1. The number of rotatable bonds is 12. The standard InChI is InChI=1S/C24H36BrN3O5/c1-5-8-9-12-27(11-7-3)23(32)20-24-15-16(25)19(33-24)17(21(30)26(4)10-6-2)18(24)22(31)28(20)13-14-29/h6-7,16-20,29H,2-3,5,8-15H2,1,4H3/t16?,17-,18-,19-,20?,24?/m0/s1. The van der Waals surface area contributed by atoms with Gasteiger partial charge in [0, 0.05) is 38.1 Å². The lowest BCUT2D eigenvalue weighted by Gasteiger charge is -2.37. The van der Waals surface area contributed by atoms with Crippen molar-refractivity contribution < 1.29 is 24.2 Å². The van der Waals surface area contributed by atoms with Gasteiger partial charge in [-0.2, -0.15) is 0 Å². The van der Waals surface area contributed by atoms with Gasteiger partial charge in [0.2, 0.25) is 17.7 Å². The molecule has 8 nitrogen and oxygen atoms in total. The third kappa shape index (κ3) is 4.39. The Morgan fingerprint density at radius 1 is 1.27 bits per heavy atom. The van der Waals surface area contributed by atoms with E-state index in [2.05, 4.69) is 36.0 Å². The lowest BCUT2D eigenvalue weighted by molar-refractivity contribution is -0.148. The van der Waals surface area contributed by atoms with Gasteiger partial charge in [0.15, 0.2) is 0 Å². The van der Waals surface area contributed by atoms with Crippen molar-refractivity contribution in [3.05, 3.63) is 25.3 Å². The first-order valence-corrected chi connectivity index (χ1v) is 12.7. The van der Waals surface area contributed by atoms with Crippen LogP contribution >= 0.6 is 15.9 Å². The molecule has 6 atom stereocenters. The molecule has 3 aliphatic rings. The molecule has 184 valence electrons. The molecule has 3 fully saturated rings. The van der Waals surface area contributed by atoms with Crippen LogP contribution in [-0.4, -0.2) is 99.9 Å². The van der Waals surface area contributed by atoms with Crippen molar-refractivity contribution in [3.8, 4) is 0 Å². The third-order valence-corrected chi connectivity index (χ3v) is 7.97. The average Bonchev–Trinajstić information content (AvgIpc) is 3.36. The number of halogens is 1. The fourth-order valence-electron chi connectivity index (χ4n) is 5.75. The zero-order chi connectivity index (χ0) is 24.3.